The molecule has 0 aromatic rings. The molecule has 0 amide bonds. The number of carbonyl (C=O) groups is 1. The highest BCUT2D eigenvalue weighted by atomic mass is 32.2. The number of aliphatic carboxylic acids is 1. The van der Waals surface area contributed by atoms with Crippen LogP contribution in [0.3, 0.4) is 0 Å². The van der Waals surface area contributed by atoms with Crippen LogP contribution in [0.1, 0.15) is 33.1 Å². The maximum Gasteiger partial charge on any atom is 0.321 e. The zero-order chi connectivity index (χ0) is 10.8. The molecule has 1 unspecified atom stereocenters. The van der Waals surface area contributed by atoms with Gasteiger partial charge in [-0.2, -0.15) is 11.8 Å². The number of unbranched alkanes of at least 4 members (excludes halogenated alkanes) is 1. The molecule has 0 aromatic carbocycles. The molecule has 0 saturated heterocycles. The van der Waals surface area contributed by atoms with E-state index in [1.54, 1.807) is 11.8 Å². The Hall–Kier alpha value is -0.220. The van der Waals surface area contributed by atoms with Gasteiger partial charge in [-0.3, -0.25) is 4.79 Å². The first-order valence-corrected chi connectivity index (χ1v) is 6.41. The molecule has 2 N–H and O–H groups in total. The van der Waals surface area contributed by atoms with Crippen molar-refractivity contribution in [2.24, 2.45) is 0 Å². The fraction of sp³-hybridized carbons (Fsp3) is 0.900. The van der Waals surface area contributed by atoms with Crippen molar-refractivity contribution in [3.8, 4) is 0 Å². The molecule has 3 nitrogen and oxygen atoms in total. The first kappa shape index (κ1) is 13.8. The standard InChI is InChI=1S/C10H21NO2S/c1-3-5-7-14-8-9(10(12)13)11-6-4-2/h9,11H,3-8H2,1-2H3,(H,12,13). The molecule has 0 aliphatic carbocycles. The van der Waals surface area contributed by atoms with Crippen LogP contribution in [-0.4, -0.2) is 35.2 Å². The van der Waals surface area contributed by atoms with Crippen LogP contribution in [0.2, 0.25) is 0 Å². The zero-order valence-electron chi connectivity index (χ0n) is 9.08. The Bertz CT molecular complexity index is 153. The summed E-state index contributed by atoms with van der Waals surface area (Å²) in [6.45, 7) is 4.96. The average molecular weight is 219 g/mol. The lowest BCUT2D eigenvalue weighted by atomic mass is 10.3. The molecule has 0 spiro atoms. The second-order valence-electron chi connectivity index (χ2n) is 3.27. The van der Waals surface area contributed by atoms with E-state index in [1.165, 1.54) is 12.8 Å². The maximum atomic E-state index is 10.8. The molecular weight excluding hydrogens is 198 g/mol. The zero-order valence-corrected chi connectivity index (χ0v) is 9.90. The maximum absolute atomic E-state index is 10.8. The molecule has 0 aromatic heterocycles. The molecule has 0 saturated carbocycles. The van der Waals surface area contributed by atoms with E-state index in [2.05, 4.69) is 12.2 Å². The summed E-state index contributed by atoms with van der Waals surface area (Å²) in [5, 5.41) is 11.9. The van der Waals surface area contributed by atoms with Crippen LogP contribution in [0, 0.1) is 0 Å². The van der Waals surface area contributed by atoms with Gasteiger partial charge in [-0.15, -0.1) is 0 Å². The second kappa shape index (κ2) is 9.34. The van der Waals surface area contributed by atoms with Crippen LogP contribution in [-0.2, 0) is 4.79 Å². The Morgan fingerprint density at radius 3 is 2.64 bits per heavy atom. The van der Waals surface area contributed by atoms with Gasteiger partial charge in [0, 0.05) is 5.75 Å². The van der Waals surface area contributed by atoms with Gasteiger partial charge in [-0.25, -0.2) is 0 Å². The van der Waals surface area contributed by atoms with E-state index in [0.717, 1.165) is 18.7 Å². The predicted molar refractivity (Wildman–Crippen MR) is 62.0 cm³/mol. The summed E-state index contributed by atoms with van der Waals surface area (Å²) in [7, 11) is 0. The van der Waals surface area contributed by atoms with E-state index >= 15 is 0 Å². The minimum absolute atomic E-state index is 0.378. The first-order valence-electron chi connectivity index (χ1n) is 5.26. The number of nitrogens with one attached hydrogen (secondary N) is 1. The number of carboxylic acids is 1. The number of carboxylic acid groups (broad SMARTS) is 1. The number of rotatable bonds is 9. The molecular formula is C10H21NO2S. The van der Waals surface area contributed by atoms with Crippen LogP contribution < -0.4 is 5.32 Å². The molecule has 0 fully saturated rings. The third-order valence-corrected chi connectivity index (χ3v) is 3.01. The fourth-order valence-corrected chi connectivity index (χ4v) is 2.14. The molecule has 4 heteroatoms. The molecule has 0 radical (unpaired) electrons. The van der Waals surface area contributed by atoms with Crippen molar-refractivity contribution in [3.05, 3.63) is 0 Å². The highest BCUT2D eigenvalue weighted by molar-refractivity contribution is 7.99. The van der Waals surface area contributed by atoms with Gasteiger partial charge in [-0.1, -0.05) is 20.3 Å². The van der Waals surface area contributed by atoms with E-state index in [1.807, 2.05) is 6.92 Å². The van der Waals surface area contributed by atoms with Crippen LogP contribution in [0.5, 0.6) is 0 Å². The van der Waals surface area contributed by atoms with Gasteiger partial charge in [0.05, 0.1) is 0 Å². The molecule has 14 heavy (non-hydrogen) atoms. The SMILES string of the molecule is CCCCSCC(NCCC)C(=O)O. The minimum Gasteiger partial charge on any atom is -0.480 e. The van der Waals surface area contributed by atoms with Crippen molar-refractivity contribution >= 4 is 17.7 Å². The van der Waals surface area contributed by atoms with Gasteiger partial charge in [0.1, 0.15) is 6.04 Å². The highest BCUT2D eigenvalue weighted by Gasteiger charge is 2.15. The number of hydrogen-bond acceptors (Lipinski definition) is 3. The number of hydrogen-bond donors (Lipinski definition) is 2. The lowest BCUT2D eigenvalue weighted by Crippen LogP contribution is -2.39. The summed E-state index contributed by atoms with van der Waals surface area (Å²) >= 11 is 1.72. The van der Waals surface area contributed by atoms with Crippen molar-refractivity contribution in [3.63, 3.8) is 0 Å². The van der Waals surface area contributed by atoms with Crippen LogP contribution in [0.25, 0.3) is 0 Å². The number of thioether (sulfide) groups is 1. The van der Waals surface area contributed by atoms with Crippen molar-refractivity contribution in [1.29, 1.82) is 0 Å². The van der Waals surface area contributed by atoms with Crippen molar-refractivity contribution in [2.75, 3.05) is 18.1 Å². The van der Waals surface area contributed by atoms with E-state index < -0.39 is 5.97 Å². The van der Waals surface area contributed by atoms with Gasteiger partial charge in [-0.05, 0) is 25.1 Å². The van der Waals surface area contributed by atoms with Crippen molar-refractivity contribution in [1.82, 2.24) is 5.32 Å². The highest BCUT2D eigenvalue weighted by Crippen LogP contribution is 2.06. The van der Waals surface area contributed by atoms with Crippen LogP contribution >= 0.6 is 11.8 Å². The molecule has 1 atom stereocenters. The summed E-state index contributed by atoms with van der Waals surface area (Å²) < 4.78 is 0. The van der Waals surface area contributed by atoms with Gasteiger partial charge >= 0.3 is 5.97 Å². The summed E-state index contributed by atoms with van der Waals surface area (Å²) in [5.41, 5.74) is 0. The van der Waals surface area contributed by atoms with Gasteiger partial charge in [0.2, 0.25) is 0 Å². The topological polar surface area (TPSA) is 49.3 Å². The molecule has 0 bridgehead atoms. The minimum atomic E-state index is -0.734. The Morgan fingerprint density at radius 1 is 1.43 bits per heavy atom. The van der Waals surface area contributed by atoms with E-state index in [9.17, 15) is 4.79 Å². The monoisotopic (exact) mass is 219 g/mol. The Morgan fingerprint density at radius 2 is 2.14 bits per heavy atom. The largest absolute Gasteiger partial charge is 0.480 e. The van der Waals surface area contributed by atoms with E-state index in [0.29, 0.717) is 5.75 Å². The fourth-order valence-electron chi connectivity index (χ4n) is 0.984. The summed E-state index contributed by atoms with van der Waals surface area (Å²) in [4.78, 5) is 10.8. The summed E-state index contributed by atoms with van der Waals surface area (Å²) in [5.74, 6) is 1.01. The van der Waals surface area contributed by atoms with Gasteiger partial charge < -0.3 is 10.4 Å². The Labute approximate surface area is 90.7 Å². The quantitative estimate of drug-likeness (QED) is 0.582. The van der Waals surface area contributed by atoms with E-state index in [-0.39, 0.29) is 6.04 Å². The Kier molecular flexibility index (Phi) is 9.19. The lowest BCUT2D eigenvalue weighted by molar-refractivity contribution is -0.138. The molecule has 0 heterocycles. The first-order chi connectivity index (χ1) is 6.72. The van der Waals surface area contributed by atoms with Crippen LogP contribution in [0.15, 0.2) is 0 Å². The average Bonchev–Trinajstić information content (AvgIpc) is 2.16. The summed E-state index contributed by atoms with van der Waals surface area (Å²) in [6, 6.07) is -0.378. The predicted octanol–water partition coefficient (Wildman–Crippen LogP) is 1.97. The smallest absolute Gasteiger partial charge is 0.321 e. The molecule has 84 valence electrons. The van der Waals surface area contributed by atoms with Crippen molar-refractivity contribution < 1.29 is 9.90 Å². The lowest BCUT2D eigenvalue weighted by Gasteiger charge is -2.12. The van der Waals surface area contributed by atoms with Crippen molar-refractivity contribution in [2.45, 2.75) is 39.2 Å². The summed E-state index contributed by atoms with van der Waals surface area (Å²) in [6.07, 6.45) is 3.32. The normalized spacial score (nSPS) is 12.7. The Balaban J connectivity index is 3.57. The third kappa shape index (κ3) is 7.21. The third-order valence-electron chi connectivity index (χ3n) is 1.87. The molecule has 0 aliphatic heterocycles. The molecule has 0 rings (SSSR count). The molecule has 0 aliphatic rings. The van der Waals surface area contributed by atoms with Gasteiger partial charge in [0.15, 0.2) is 0 Å². The second-order valence-corrected chi connectivity index (χ2v) is 4.42. The van der Waals surface area contributed by atoms with Gasteiger partial charge in [0.25, 0.3) is 0 Å². The van der Waals surface area contributed by atoms with E-state index in [4.69, 9.17) is 5.11 Å². The van der Waals surface area contributed by atoms with Crippen LogP contribution in [0.4, 0.5) is 0 Å².